The van der Waals surface area contributed by atoms with Gasteiger partial charge in [-0.15, -0.1) is 0 Å². The normalized spacial score (nSPS) is 34.6. The molecule has 18 heavy (non-hydrogen) atoms. The van der Waals surface area contributed by atoms with Crippen molar-refractivity contribution in [3.05, 3.63) is 0 Å². The molecule has 2 heterocycles. The highest BCUT2D eigenvalue weighted by Gasteiger charge is 2.28. The number of piperazine rings is 1. The highest BCUT2D eigenvalue weighted by atomic mass is 16.5. The van der Waals surface area contributed by atoms with E-state index in [2.05, 4.69) is 17.1 Å². The molecule has 104 valence electrons. The van der Waals surface area contributed by atoms with Crippen LogP contribution in [0.25, 0.3) is 0 Å². The van der Waals surface area contributed by atoms with Gasteiger partial charge in [0.1, 0.15) is 0 Å². The third-order valence-corrected chi connectivity index (χ3v) is 3.75. The van der Waals surface area contributed by atoms with Crippen molar-refractivity contribution in [1.29, 1.82) is 0 Å². The van der Waals surface area contributed by atoms with Crippen molar-refractivity contribution in [1.82, 2.24) is 15.1 Å². The van der Waals surface area contributed by atoms with Gasteiger partial charge in [0.05, 0.1) is 18.8 Å². The van der Waals surface area contributed by atoms with E-state index in [1.165, 1.54) is 0 Å². The lowest BCUT2D eigenvalue weighted by Gasteiger charge is -2.38. The van der Waals surface area contributed by atoms with E-state index in [9.17, 15) is 4.79 Å². The Labute approximate surface area is 109 Å². The molecule has 2 fully saturated rings. The molecule has 0 aromatic carbocycles. The van der Waals surface area contributed by atoms with Crippen LogP contribution in [0.4, 0.5) is 0 Å². The Bertz CT molecular complexity index is 288. The van der Waals surface area contributed by atoms with Crippen LogP contribution in [0, 0.1) is 0 Å². The maximum Gasteiger partial charge on any atom is 0.236 e. The summed E-state index contributed by atoms with van der Waals surface area (Å²) < 4.78 is 5.66. The standard InChI is InChI=1S/C13H25N3O2/c1-10-6-14-4-5-15(10)9-13(17)16-7-11(2)18-12(3)8-16/h10-12,14H,4-9H2,1-3H3/t10-,11?,12?/m1/s1. The zero-order chi connectivity index (χ0) is 13.1. The fourth-order valence-electron chi connectivity index (χ4n) is 2.77. The van der Waals surface area contributed by atoms with Crippen molar-refractivity contribution in [2.75, 3.05) is 39.3 Å². The second kappa shape index (κ2) is 5.99. The Kier molecular flexibility index (Phi) is 4.59. The van der Waals surface area contributed by atoms with Crippen LogP contribution in [0.3, 0.4) is 0 Å². The van der Waals surface area contributed by atoms with Crippen LogP contribution in [0.2, 0.25) is 0 Å². The van der Waals surface area contributed by atoms with Gasteiger partial charge < -0.3 is 15.0 Å². The molecule has 3 atom stereocenters. The smallest absolute Gasteiger partial charge is 0.236 e. The largest absolute Gasteiger partial charge is 0.372 e. The first-order chi connectivity index (χ1) is 8.56. The van der Waals surface area contributed by atoms with Crippen LogP contribution in [-0.2, 0) is 9.53 Å². The lowest BCUT2D eigenvalue weighted by molar-refractivity contribution is -0.145. The number of rotatable bonds is 2. The summed E-state index contributed by atoms with van der Waals surface area (Å²) in [5, 5.41) is 3.34. The van der Waals surface area contributed by atoms with Crippen molar-refractivity contribution in [2.24, 2.45) is 0 Å². The number of ether oxygens (including phenoxy) is 1. The predicted molar refractivity (Wildman–Crippen MR) is 70.5 cm³/mol. The molecule has 1 N–H and O–H groups in total. The van der Waals surface area contributed by atoms with Gasteiger partial charge in [-0.05, 0) is 20.8 Å². The van der Waals surface area contributed by atoms with E-state index < -0.39 is 0 Å². The van der Waals surface area contributed by atoms with Crippen molar-refractivity contribution in [2.45, 2.75) is 39.0 Å². The number of carbonyl (C=O) groups is 1. The summed E-state index contributed by atoms with van der Waals surface area (Å²) in [6, 6.07) is 0.443. The van der Waals surface area contributed by atoms with E-state index in [1.54, 1.807) is 0 Å². The fraction of sp³-hybridized carbons (Fsp3) is 0.923. The van der Waals surface area contributed by atoms with Crippen LogP contribution in [-0.4, -0.2) is 73.2 Å². The SMILES string of the molecule is CC1CN(C(=O)CN2CCNC[C@H]2C)CC(C)O1. The maximum atomic E-state index is 12.3. The first kappa shape index (κ1) is 13.8. The van der Waals surface area contributed by atoms with Gasteiger partial charge >= 0.3 is 0 Å². The molecule has 0 radical (unpaired) electrons. The van der Waals surface area contributed by atoms with Crippen molar-refractivity contribution in [3.63, 3.8) is 0 Å². The highest BCUT2D eigenvalue weighted by Crippen LogP contribution is 2.12. The summed E-state index contributed by atoms with van der Waals surface area (Å²) in [7, 11) is 0. The van der Waals surface area contributed by atoms with Crippen molar-refractivity contribution >= 4 is 5.91 Å². The van der Waals surface area contributed by atoms with Crippen molar-refractivity contribution < 1.29 is 9.53 Å². The summed E-state index contributed by atoms with van der Waals surface area (Å²) in [5.41, 5.74) is 0. The van der Waals surface area contributed by atoms with Crippen LogP contribution in [0.15, 0.2) is 0 Å². The van der Waals surface area contributed by atoms with Gasteiger partial charge in [-0.25, -0.2) is 0 Å². The molecule has 2 aliphatic rings. The highest BCUT2D eigenvalue weighted by molar-refractivity contribution is 5.78. The first-order valence-electron chi connectivity index (χ1n) is 6.94. The molecule has 0 saturated carbocycles. The molecule has 0 bridgehead atoms. The van der Waals surface area contributed by atoms with Gasteiger partial charge in [0, 0.05) is 38.8 Å². The molecular formula is C13H25N3O2. The molecular weight excluding hydrogens is 230 g/mol. The summed E-state index contributed by atoms with van der Waals surface area (Å²) in [5.74, 6) is 0.241. The minimum absolute atomic E-state index is 0.151. The van der Waals surface area contributed by atoms with E-state index in [4.69, 9.17) is 4.74 Å². The van der Waals surface area contributed by atoms with Crippen LogP contribution >= 0.6 is 0 Å². The number of nitrogens with one attached hydrogen (secondary N) is 1. The second-order valence-electron chi connectivity index (χ2n) is 5.58. The van der Waals surface area contributed by atoms with Crippen molar-refractivity contribution in [3.8, 4) is 0 Å². The van der Waals surface area contributed by atoms with E-state index in [-0.39, 0.29) is 18.1 Å². The van der Waals surface area contributed by atoms with Crippen LogP contribution in [0.5, 0.6) is 0 Å². The average molecular weight is 255 g/mol. The zero-order valence-electron chi connectivity index (χ0n) is 11.7. The monoisotopic (exact) mass is 255 g/mol. The lowest BCUT2D eigenvalue weighted by atomic mass is 10.2. The predicted octanol–water partition coefficient (Wildman–Crippen LogP) is -0.0841. The second-order valence-corrected chi connectivity index (χ2v) is 5.58. The molecule has 2 aliphatic heterocycles. The number of amides is 1. The molecule has 2 rings (SSSR count). The molecule has 5 nitrogen and oxygen atoms in total. The summed E-state index contributed by atoms with van der Waals surface area (Å²) in [6.45, 7) is 11.1. The quantitative estimate of drug-likeness (QED) is 0.749. The average Bonchev–Trinajstić information content (AvgIpc) is 2.31. The minimum atomic E-state index is 0.151. The van der Waals surface area contributed by atoms with Gasteiger partial charge in [0.2, 0.25) is 5.91 Å². The van der Waals surface area contributed by atoms with Gasteiger partial charge in [0.25, 0.3) is 0 Å². The Hall–Kier alpha value is -0.650. The van der Waals surface area contributed by atoms with E-state index in [0.717, 1.165) is 32.7 Å². The molecule has 2 saturated heterocycles. The molecule has 0 aromatic heterocycles. The first-order valence-corrected chi connectivity index (χ1v) is 6.94. The van der Waals surface area contributed by atoms with Gasteiger partial charge in [0.15, 0.2) is 0 Å². The summed E-state index contributed by atoms with van der Waals surface area (Å²) in [6.07, 6.45) is 0.302. The Morgan fingerprint density at radius 2 is 1.94 bits per heavy atom. The topological polar surface area (TPSA) is 44.8 Å². The van der Waals surface area contributed by atoms with E-state index in [1.807, 2.05) is 18.7 Å². The number of morpholine rings is 1. The maximum absolute atomic E-state index is 12.3. The van der Waals surface area contributed by atoms with Gasteiger partial charge in [-0.1, -0.05) is 0 Å². The third kappa shape index (κ3) is 3.43. The zero-order valence-corrected chi connectivity index (χ0v) is 11.7. The third-order valence-electron chi connectivity index (χ3n) is 3.75. The molecule has 0 aromatic rings. The number of nitrogens with zero attached hydrogens (tertiary/aromatic N) is 2. The summed E-state index contributed by atoms with van der Waals surface area (Å²) >= 11 is 0. The number of hydrogen-bond donors (Lipinski definition) is 1. The van der Waals surface area contributed by atoms with Gasteiger partial charge in [-0.2, -0.15) is 0 Å². The van der Waals surface area contributed by atoms with E-state index in [0.29, 0.717) is 12.6 Å². The Morgan fingerprint density at radius 3 is 2.56 bits per heavy atom. The molecule has 1 amide bonds. The van der Waals surface area contributed by atoms with Gasteiger partial charge in [-0.3, -0.25) is 9.69 Å². The molecule has 0 aliphatic carbocycles. The van der Waals surface area contributed by atoms with E-state index >= 15 is 0 Å². The van der Waals surface area contributed by atoms with Crippen LogP contribution in [0.1, 0.15) is 20.8 Å². The molecule has 0 spiro atoms. The lowest BCUT2D eigenvalue weighted by Crippen LogP contribution is -2.55. The summed E-state index contributed by atoms with van der Waals surface area (Å²) in [4.78, 5) is 16.5. The number of carbonyl (C=O) groups excluding carboxylic acids is 1. The Morgan fingerprint density at radius 1 is 1.28 bits per heavy atom. The molecule has 5 heteroatoms. The van der Waals surface area contributed by atoms with Crippen LogP contribution < -0.4 is 5.32 Å². The Balaban J connectivity index is 1.86. The molecule has 2 unspecified atom stereocenters. The fourth-order valence-corrected chi connectivity index (χ4v) is 2.77. The number of hydrogen-bond acceptors (Lipinski definition) is 4. The minimum Gasteiger partial charge on any atom is -0.372 e.